The lowest BCUT2D eigenvalue weighted by Crippen LogP contribution is -2.17. The molecular formula is C19H23N3O6. The molecule has 1 fully saturated rings. The molecule has 2 aromatic rings. The smallest absolute Gasteiger partial charge is 0.443 e. The van der Waals surface area contributed by atoms with E-state index in [9.17, 15) is 4.79 Å². The van der Waals surface area contributed by atoms with Crippen molar-refractivity contribution in [2.75, 3.05) is 19.0 Å². The summed E-state index contributed by atoms with van der Waals surface area (Å²) < 4.78 is 11.0. The van der Waals surface area contributed by atoms with Crippen LogP contribution in [0.2, 0.25) is 0 Å². The topological polar surface area (TPSA) is 104 Å². The van der Waals surface area contributed by atoms with E-state index in [2.05, 4.69) is 25.4 Å². The van der Waals surface area contributed by atoms with E-state index in [1.165, 1.54) is 7.11 Å². The van der Waals surface area contributed by atoms with Crippen molar-refractivity contribution in [1.29, 1.82) is 0 Å². The molecule has 1 saturated carbocycles. The second-order valence-electron chi connectivity index (χ2n) is 6.44. The molecule has 150 valence electrons. The number of rotatable bonds is 8. The minimum Gasteiger partial charge on any atom is -0.475 e. The average Bonchev–Trinajstić information content (AvgIpc) is 3.45. The highest BCUT2D eigenvalue weighted by atomic mass is 17.2. The van der Waals surface area contributed by atoms with Gasteiger partial charge in [0, 0.05) is 0 Å². The third-order valence-corrected chi connectivity index (χ3v) is 4.24. The summed E-state index contributed by atoms with van der Waals surface area (Å²) >= 11 is 0. The molecule has 1 N–H and O–H groups in total. The Morgan fingerprint density at radius 3 is 2.79 bits per heavy atom. The zero-order chi connectivity index (χ0) is 19.9. The SMILES string of the molecule is COOC(=O)Nc1ccccc1C(=NOCc1c(C)noc1C)OCC1CC1. The van der Waals surface area contributed by atoms with Crippen LogP contribution in [-0.2, 0) is 26.0 Å². The number of carbonyl (C=O) groups excluding carboxylic acids is 1. The zero-order valence-electron chi connectivity index (χ0n) is 16.1. The third kappa shape index (κ3) is 5.23. The van der Waals surface area contributed by atoms with Gasteiger partial charge in [-0.2, -0.15) is 4.89 Å². The first kappa shape index (κ1) is 19.7. The van der Waals surface area contributed by atoms with Gasteiger partial charge in [-0.1, -0.05) is 17.3 Å². The zero-order valence-corrected chi connectivity index (χ0v) is 16.1. The maximum absolute atomic E-state index is 11.7. The first-order chi connectivity index (χ1) is 13.6. The van der Waals surface area contributed by atoms with Gasteiger partial charge in [0.2, 0.25) is 0 Å². The largest absolute Gasteiger partial charge is 0.475 e. The van der Waals surface area contributed by atoms with Crippen molar-refractivity contribution in [3.63, 3.8) is 0 Å². The van der Waals surface area contributed by atoms with E-state index in [0.717, 1.165) is 24.1 Å². The van der Waals surface area contributed by atoms with E-state index < -0.39 is 6.09 Å². The number of hydrogen-bond acceptors (Lipinski definition) is 8. The molecule has 0 spiro atoms. The molecule has 1 aromatic carbocycles. The summed E-state index contributed by atoms with van der Waals surface area (Å²) in [7, 11) is 1.25. The molecule has 9 nitrogen and oxygen atoms in total. The number of nitrogens with one attached hydrogen (secondary N) is 1. The van der Waals surface area contributed by atoms with Crippen molar-refractivity contribution in [3.05, 3.63) is 46.8 Å². The van der Waals surface area contributed by atoms with E-state index in [0.29, 0.717) is 29.5 Å². The number of aryl methyl sites for hydroxylation is 2. The van der Waals surface area contributed by atoms with Crippen molar-refractivity contribution in [1.82, 2.24) is 5.16 Å². The molecule has 3 rings (SSSR count). The Labute approximate surface area is 162 Å². The Kier molecular flexibility index (Phi) is 6.49. The summed E-state index contributed by atoms with van der Waals surface area (Å²) in [4.78, 5) is 26.1. The van der Waals surface area contributed by atoms with Gasteiger partial charge in [0.15, 0.2) is 0 Å². The predicted molar refractivity (Wildman–Crippen MR) is 99.5 cm³/mol. The van der Waals surface area contributed by atoms with Crippen molar-refractivity contribution >= 4 is 17.7 Å². The maximum Gasteiger partial charge on any atom is 0.443 e. The summed E-state index contributed by atoms with van der Waals surface area (Å²) in [6.45, 7) is 4.38. The van der Waals surface area contributed by atoms with E-state index in [1.807, 2.05) is 19.9 Å². The normalized spacial score (nSPS) is 13.9. The molecule has 1 aliphatic carbocycles. The number of para-hydroxylation sites is 1. The van der Waals surface area contributed by atoms with Crippen LogP contribution in [0.15, 0.2) is 33.9 Å². The van der Waals surface area contributed by atoms with Crippen LogP contribution in [0.3, 0.4) is 0 Å². The van der Waals surface area contributed by atoms with Gasteiger partial charge in [-0.25, -0.2) is 4.79 Å². The second kappa shape index (κ2) is 9.23. The number of nitrogens with zero attached hydrogens (tertiary/aromatic N) is 2. The molecule has 0 atom stereocenters. The van der Waals surface area contributed by atoms with Gasteiger partial charge in [0.25, 0.3) is 5.90 Å². The van der Waals surface area contributed by atoms with E-state index >= 15 is 0 Å². The quantitative estimate of drug-likeness (QED) is 0.318. The summed E-state index contributed by atoms with van der Waals surface area (Å²) in [5.74, 6) is 1.47. The maximum atomic E-state index is 11.7. The fourth-order valence-electron chi connectivity index (χ4n) is 2.48. The lowest BCUT2D eigenvalue weighted by atomic mass is 10.2. The van der Waals surface area contributed by atoms with Crippen molar-refractivity contribution in [3.8, 4) is 0 Å². The minimum absolute atomic E-state index is 0.193. The van der Waals surface area contributed by atoms with E-state index in [1.54, 1.807) is 18.2 Å². The molecule has 9 heteroatoms. The monoisotopic (exact) mass is 389 g/mol. The highest BCUT2D eigenvalue weighted by Crippen LogP contribution is 2.29. The van der Waals surface area contributed by atoms with Crippen molar-refractivity contribution in [2.45, 2.75) is 33.3 Å². The molecular weight excluding hydrogens is 366 g/mol. The molecule has 0 aliphatic heterocycles. The second-order valence-corrected chi connectivity index (χ2v) is 6.44. The van der Waals surface area contributed by atoms with E-state index in [4.69, 9.17) is 14.1 Å². The van der Waals surface area contributed by atoms with E-state index in [-0.39, 0.29) is 12.5 Å². The van der Waals surface area contributed by atoms with Crippen LogP contribution in [-0.4, -0.2) is 30.9 Å². The van der Waals surface area contributed by atoms with Gasteiger partial charge < -0.3 is 14.1 Å². The highest BCUT2D eigenvalue weighted by Gasteiger charge is 2.24. The van der Waals surface area contributed by atoms with Gasteiger partial charge in [0.1, 0.15) is 12.4 Å². The van der Waals surface area contributed by atoms with Gasteiger partial charge in [-0.3, -0.25) is 10.2 Å². The van der Waals surface area contributed by atoms with Crippen molar-refractivity contribution < 1.29 is 28.7 Å². The van der Waals surface area contributed by atoms with Crippen molar-refractivity contribution in [2.24, 2.45) is 11.1 Å². The van der Waals surface area contributed by atoms with Gasteiger partial charge in [0.05, 0.1) is 36.2 Å². The summed E-state index contributed by atoms with van der Waals surface area (Å²) in [5.41, 5.74) is 2.60. The standard InChI is InChI=1S/C19H23N3O6/c1-12-16(13(2)27-21-12)11-26-22-18(25-10-14-8-9-14)15-6-4-5-7-17(15)20-19(23)28-24-3/h4-7,14H,8-11H2,1-3H3,(H,20,23). The summed E-state index contributed by atoms with van der Waals surface area (Å²) in [5, 5.41) is 10.7. The van der Waals surface area contributed by atoms with Gasteiger partial charge in [-0.05, 0) is 49.9 Å². The van der Waals surface area contributed by atoms with Gasteiger partial charge >= 0.3 is 6.09 Å². The molecule has 0 saturated heterocycles. The number of benzene rings is 1. The molecule has 0 bridgehead atoms. The average molecular weight is 389 g/mol. The number of amides is 1. The number of anilines is 1. The fraction of sp³-hybridized carbons (Fsp3) is 0.421. The molecule has 0 radical (unpaired) electrons. The third-order valence-electron chi connectivity index (χ3n) is 4.24. The number of carbonyl (C=O) groups is 1. The minimum atomic E-state index is -0.756. The Morgan fingerprint density at radius 1 is 1.32 bits per heavy atom. The highest BCUT2D eigenvalue weighted by molar-refractivity contribution is 6.02. The number of oxime groups is 1. The first-order valence-electron chi connectivity index (χ1n) is 8.94. The van der Waals surface area contributed by atoms with Crippen LogP contribution in [0.4, 0.5) is 10.5 Å². The summed E-state index contributed by atoms with van der Waals surface area (Å²) in [6.07, 6.45) is 1.51. The van der Waals surface area contributed by atoms with Crippen LogP contribution in [0.1, 0.15) is 35.4 Å². The number of hydrogen-bond donors (Lipinski definition) is 1. The fourth-order valence-corrected chi connectivity index (χ4v) is 2.48. The molecule has 1 amide bonds. The molecule has 0 unspecified atom stereocenters. The lowest BCUT2D eigenvalue weighted by molar-refractivity contribution is -0.208. The Hall–Kier alpha value is -3.07. The van der Waals surface area contributed by atoms with Crippen LogP contribution >= 0.6 is 0 Å². The molecule has 28 heavy (non-hydrogen) atoms. The Bertz CT molecular complexity index is 824. The Morgan fingerprint density at radius 2 is 2.11 bits per heavy atom. The van der Waals surface area contributed by atoms with Crippen LogP contribution < -0.4 is 5.32 Å². The number of ether oxygens (including phenoxy) is 1. The Balaban J connectivity index is 1.78. The molecule has 1 aromatic heterocycles. The molecule has 1 aliphatic rings. The van der Waals surface area contributed by atoms with Crippen LogP contribution in [0.5, 0.6) is 0 Å². The number of aromatic nitrogens is 1. The van der Waals surface area contributed by atoms with Gasteiger partial charge in [-0.15, -0.1) is 0 Å². The van der Waals surface area contributed by atoms with Crippen LogP contribution in [0, 0.1) is 19.8 Å². The lowest BCUT2D eigenvalue weighted by Gasteiger charge is -2.13. The predicted octanol–water partition coefficient (Wildman–Crippen LogP) is 3.71. The first-order valence-corrected chi connectivity index (χ1v) is 8.94. The summed E-state index contributed by atoms with van der Waals surface area (Å²) in [6, 6.07) is 7.06. The molecule has 1 heterocycles. The van der Waals surface area contributed by atoms with Crippen LogP contribution in [0.25, 0.3) is 0 Å².